The predicted molar refractivity (Wildman–Crippen MR) is 93.7 cm³/mol. The van der Waals surface area contributed by atoms with Crippen molar-refractivity contribution in [2.75, 3.05) is 20.2 Å². The monoisotopic (exact) mass is 320 g/mol. The second-order valence-electron chi connectivity index (χ2n) is 6.07. The van der Waals surface area contributed by atoms with Gasteiger partial charge in [-0.05, 0) is 55.4 Å². The fraction of sp³-hybridized carbons (Fsp3) is 0.263. The number of ether oxygens (including phenoxy) is 1. The molecule has 24 heavy (non-hydrogen) atoms. The summed E-state index contributed by atoms with van der Waals surface area (Å²) in [6.07, 6.45) is 1.31. The number of rotatable bonds is 5. The van der Waals surface area contributed by atoms with E-state index in [1.54, 1.807) is 7.11 Å². The van der Waals surface area contributed by atoms with Gasteiger partial charge < -0.3 is 4.74 Å². The van der Waals surface area contributed by atoms with E-state index in [2.05, 4.69) is 44.3 Å². The summed E-state index contributed by atoms with van der Waals surface area (Å²) in [4.78, 5) is 7.08. The molecule has 5 nitrogen and oxygen atoms in total. The first-order valence-electron chi connectivity index (χ1n) is 8.20. The van der Waals surface area contributed by atoms with Crippen molar-refractivity contribution in [3.05, 3.63) is 54.1 Å². The first kappa shape index (κ1) is 14.9. The Kier molecular flexibility index (Phi) is 4.01. The first-order valence-corrected chi connectivity index (χ1v) is 8.20. The summed E-state index contributed by atoms with van der Waals surface area (Å²) < 4.78 is 5.19. The Bertz CT molecular complexity index is 821. The highest BCUT2D eigenvalue weighted by Crippen LogP contribution is 2.23. The highest BCUT2D eigenvalue weighted by Gasteiger charge is 2.14. The van der Waals surface area contributed by atoms with Crippen molar-refractivity contribution < 1.29 is 4.74 Å². The van der Waals surface area contributed by atoms with Crippen LogP contribution in [0.15, 0.2) is 48.5 Å². The van der Waals surface area contributed by atoms with Crippen LogP contribution in [0.5, 0.6) is 5.75 Å². The lowest BCUT2D eigenvalue weighted by Gasteiger charge is -2.30. The predicted octanol–water partition coefficient (Wildman–Crippen LogP) is 3.35. The van der Waals surface area contributed by atoms with Gasteiger partial charge >= 0.3 is 0 Å². The average molecular weight is 320 g/mol. The maximum atomic E-state index is 5.19. The van der Waals surface area contributed by atoms with E-state index < -0.39 is 0 Å². The molecule has 2 heterocycles. The smallest absolute Gasteiger partial charge is 0.181 e. The summed E-state index contributed by atoms with van der Waals surface area (Å²) in [6.45, 7) is 3.41. The lowest BCUT2D eigenvalue weighted by atomic mass is 10.1. The number of nitrogens with zero attached hydrogens (tertiary/aromatic N) is 3. The molecule has 1 aromatic heterocycles. The third-order valence-electron chi connectivity index (χ3n) is 4.39. The van der Waals surface area contributed by atoms with Gasteiger partial charge in [-0.2, -0.15) is 5.10 Å². The average Bonchev–Trinajstić information content (AvgIpc) is 3.09. The van der Waals surface area contributed by atoms with Crippen LogP contribution in [0.3, 0.4) is 0 Å². The highest BCUT2D eigenvalue weighted by molar-refractivity contribution is 5.62. The van der Waals surface area contributed by atoms with E-state index in [0.717, 1.165) is 35.1 Å². The minimum Gasteiger partial charge on any atom is -0.497 e. The molecule has 122 valence electrons. The number of H-pyrrole nitrogens is 1. The first-order chi connectivity index (χ1) is 11.8. The zero-order valence-corrected chi connectivity index (χ0v) is 13.7. The van der Waals surface area contributed by atoms with Crippen LogP contribution in [-0.2, 0) is 6.54 Å². The number of aromatic amines is 1. The standard InChI is InChI=1S/C19H20N4O/c1-24-17-8-6-15(7-9-17)18-20-19(22-21-18)16-5-2-4-14(12-16)13-23-10-3-11-23/h2,4-9,12H,3,10-11,13H2,1H3,(H,20,21,22). The normalized spacial score (nSPS) is 14.4. The number of hydrogen-bond acceptors (Lipinski definition) is 4. The second-order valence-corrected chi connectivity index (χ2v) is 6.07. The van der Waals surface area contributed by atoms with E-state index in [1.165, 1.54) is 25.1 Å². The fourth-order valence-corrected chi connectivity index (χ4v) is 2.88. The van der Waals surface area contributed by atoms with Gasteiger partial charge in [-0.15, -0.1) is 0 Å². The van der Waals surface area contributed by atoms with Crippen LogP contribution in [-0.4, -0.2) is 40.3 Å². The Morgan fingerprint density at radius 1 is 1.08 bits per heavy atom. The number of likely N-dealkylation sites (tertiary alicyclic amines) is 1. The molecule has 0 amide bonds. The molecular formula is C19H20N4O. The minimum absolute atomic E-state index is 0.728. The van der Waals surface area contributed by atoms with Gasteiger partial charge in [0, 0.05) is 17.7 Å². The molecule has 0 atom stereocenters. The topological polar surface area (TPSA) is 54.0 Å². The van der Waals surface area contributed by atoms with Crippen LogP contribution >= 0.6 is 0 Å². The Hall–Kier alpha value is -2.66. The molecule has 5 heteroatoms. The van der Waals surface area contributed by atoms with E-state index >= 15 is 0 Å². The maximum Gasteiger partial charge on any atom is 0.181 e. The van der Waals surface area contributed by atoms with Gasteiger partial charge in [0.15, 0.2) is 11.6 Å². The minimum atomic E-state index is 0.728. The van der Waals surface area contributed by atoms with Crippen molar-refractivity contribution >= 4 is 0 Å². The van der Waals surface area contributed by atoms with Crippen molar-refractivity contribution in [3.8, 4) is 28.5 Å². The van der Waals surface area contributed by atoms with Crippen LogP contribution in [0.2, 0.25) is 0 Å². The highest BCUT2D eigenvalue weighted by atomic mass is 16.5. The largest absolute Gasteiger partial charge is 0.497 e. The Morgan fingerprint density at radius 2 is 1.92 bits per heavy atom. The van der Waals surface area contributed by atoms with Crippen LogP contribution in [0, 0.1) is 0 Å². The van der Waals surface area contributed by atoms with Gasteiger partial charge in [-0.25, -0.2) is 4.98 Å². The summed E-state index contributed by atoms with van der Waals surface area (Å²) in [5.74, 6) is 2.32. The lowest BCUT2D eigenvalue weighted by molar-refractivity contribution is 0.172. The van der Waals surface area contributed by atoms with Gasteiger partial charge in [0.2, 0.25) is 0 Å². The van der Waals surface area contributed by atoms with Gasteiger partial charge in [-0.3, -0.25) is 10.00 Å². The molecule has 1 aliphatic heterocycles. The number of methoxy groups -OCH3 is 1. The van der Waals surface area contributed by atoms with Crippen LogP contribution in [0.4, 0.5) is 0 Å². The molecule has 0 unspecified atom stereocenters. The van der Waals surface area contributed by atoms with Crippen molar-refractivity contribution in [1.29, 1.82) is 0 Å². The SMILES string of the molecule is COc1ccc(-c2nc(-c3cccc(CN4CCC4)c3)n[nH]2)cc1. The molecule has 3 aromatic rings. The quantitative estimate of drug-likeness (QED) is 0.783. The molecule has 2 aromatic carbocycles. The van der Waals surface area contributed by atoms with Gasteiger partial charge in [-0.1, -0.05) is 18.2 Å². The van der Waals surface area contributed by atoms with Gasteiger partial charge in [0.05, 0.1) is 7.11 Å². The molecule has 1 saturated heterocycles. The molecule has 0 saturated carbocycles. The molecule has 1 N–H and O–H groups in total. The molecule has 4 rings (SSSR count). The summed E-state index contributed by atoms with van der Waals surface area (Å²) in [7, 11) is 1.66. The van der Waals surface area contributed by atoms with Crippen molar-refractivity contribution in [1.82, 2.24) is 20.1 Å². The molecule has 1 aliphatic rings. The molecule has 0 radical (unpaired) electrons. The molecule has 0 bridgehead atoms. The van der Waals surface area contributed by atoms with Gasteiger partial charge in [0.25, 0.3) is 0 Å². The summed E-state index contributed by atoms with van der Waals surface area (Å²) in [5, 5.41) is 7.41. The van der Waals surface area contributed by atoms with Crippen molar-refractivity contribution in [2.45, 2.75) is 13.0 Å². The zero-order valence-electron chi connectivity index (χ0n) is 13.7. The van der Waals surface area contributed by atoms with E-state index in [0.29, 0.717) is 0 Å². The van der Waals surface area contributed by atoms with Crippen LogP contribution < -0.4 is 4.74 Å². The van der Waals surface area contributed by atoms with E-state index in [4.69, 9.17) is 4.74 Å². The molecule has 0 spiro atoms. The van der Waals surface area contributed by atoms with E-state index in [-0.39, 0.29) is 0 Å². The number of benzene rings is 2. The number of aromatic nitrogens is 3. The molecule has 1 fully saturated rings. The van der Waals surface area contributed by atoms with Gasteiger partial charge in [0.1, 0.15) is 5.75 Å². The lowest BCUT2D eigenvalue weighted by Crippen LogP contribution is -2.36. The zero-order chi connectivity index (χ0) is 16.4. The third-order valence-corrected chi connectivity index (χ3v) is 4.39. The van der Waals surface area contributed by atoms with E-state index in [9.17, 15) is 0 Å². The van der Waals surface area contributed by atoms with Crippen LogP contribution in [0.25, 0.3) is 22.8 Å². The second kappa shape index (κ2) is 6.45. The van der Waals surface area contributed by atoms with Crippen LogP contribution in [0.1, 0.15) is 12.0 Å². The number of hydrogen-bond donors (Lipinski definition) is 1. The molecule has 0 aliphatic carbocycles. The van der Waals surface area contributed by atoms with Crippen molar-refractivity contribution in [2.24, 2.45) is 0 Å². The Morgan fingerprint density at radius 3 is 2.62 bits per heavy atom. The summed E-state index contributed by atoms with van der Waals surface area (Å²) in [5.41, 5.74) is 3.35. The summed E-state index contributed by atoms with van der Waals surface area (Å²) in [6, 6.07) is 16.3. The third kappa shape index (κ3) is 3.03. The number of nitrogens with one attached hydrogen (secondary N) is 1. The van der Waals surface area contributed by atoms with Crippen molar-refractivity contribution in [3.63, 3.8) is 0 Å². The molecular weight excluding hydrogens is 300 g/mol. The maximum absolute atomic E-state index is 5.19. The Balaban J connectivity index is 1.56. The Labute approximate surface area is 141 Å². The van der Waals surface area contributed by atoms with E-state index in [1.807, 2.05) is 24.3 Å². The fourth-order valence-electron chi connectivity index (χ4n) is 2.88. The summed E-state index contributed by atoms with van der Waals surface area (Å²) >= 11 is 0.